The molecule has 2 atom stereocenters. The molecule has 0 bridgehead atoms. The highest BCUT2D eigenvalue weighted by Crippen LogP contribution is 2.22. The summed E-state index contributed by atoms with van der Waals surface area (Å²) in [5, 5.41) is 6.28. The summed E-state index contributed by atoms with van der Waals surface area (Å²) in [5.41, 5.74) is 0.784. The lowest BCUT2D eigenvalue weighted by molar-refractivity contribution is 0.0504. The second kappa shape index (κ2) is 6.95. The van der Waals surface area contributed by atoms with Gasteiger partial charge in [0, 0.05) is 19.0 Å². The standard InChI is InChI=1S/C15H22N2O2.ClH/c1-15(2,3)19-14(18)17-13-10-16-9-12(13)11-7-5-4-6-8-11;/h4-8,12-13,16H,9-10H2,1-3H3,(H,17,18);1H/t12-,13+;/m1./s1. The summed E-state index contributed by atoms with van der Waals surface area (Å²) >= 11 is 0. The van der Waals surface area contributed by atoms with E-state index in [2.05, 4.69) is 22.8 Å². The van der Waals surface area contributed by atoms with E-state index in [4.69, 9.17) is 4.74 Å². The highest BCUT2D eigenvalue weighted by Gasteiger charge is 2.30. The molecule has 20 heavy (non-hydrogen) atoms. The maximum Gasteiger partial charge on any atom is 0.407 e. The quantitative estimate of drug-likeness (QED) is 0.882. The zero-order chi connectivity index (χ0) is 13.9. The molecule has 0 radical (unpaired) electrons. The number of ether oxygens (including phenoxy) is 1. The number of hydrogen-bond acceptors (Lipinski definition) is 3. The summed E-state index contributed by atoms with van der Waals surface area (Å²) in [6, 6.07) is 10.3. The van der Waals surface area contributed by atoms with Crippen LogP contribution in [0, 0.1) is 0 Å². The van der Waals surface area contributed by atoms with Crippen LogP contribution in [0.2, 0.25) is 0 Å². The average molecular weight is 299 g/mol. The smallest absolute Gasteiger partial charge is 0.407 e. The SMILES string of the molecule is CC(C)(C)OC(=O)N[C@H]1CNC[C@@H]1c1ccccc1.Cl. The van der Waals surface area contributed by atoms with Gasteiger partial charge in [-0.3, -0.25) is 0 Å². The van der Waals surface area contributed by atoms with Crippen LogP contribution in [0.15, 0.2) is 30.3 Å². The second-order valence-corrected chi connectivity index (χ2v) is 5.93. The molecular weight excluding hydrogens is 276 g/mol. The van der Waals surface area contributed by atoms with Crippen LogP contribution in [0.1, 0.15) is 32.3 Å². The monoisotopic (exact) mass is 298 g/mol. The zero-order valence-corrected chi connectivity index (χ0v) is 13.0. The van der Waals surface area contributed by atoms with Crippen LogP contribution in [0.5, 0.6) is 0 Å². The molecule has 2 rings (SSSR count). The van der Waals surface area contributed by atoms with Gasteiger partial charge >= 0.3 is 6.09 Å². The van der Waals surface area contributed by atoms with Crippen molar-refractivity contribution in [3.63, 3.8) is 0 Å². The van der Waals surface area contributed by atoms with Gasteiger partial charge in [0.25, 0.3) is 0 Å². The van der Waals surface area contributed by atoms with Crippen molar-refractivity contribution >= 4 is 18.5 Å². The van der Waals surface area contributed by atoms with Crippen molar-refractivity contribution in [1.29, 1.82) is 0 Å². The Morgan fingerprint density at radius 3 is 2.50 bits per heavy atom. The number of rotatable bonds is 2. The zero-order valence-electron chi connectivity index (χ0n) is 12.2. The van der Waals surface area contributed by atoms with Crippen molar-refractivity contribution in [2.75, 3.05) is 13.1 Å². The average Bonchev–Trinajstić information content (AvgIpc) is 2.75. The van der Waals surface area contributed by atoms with Crippen LogP contribution in [0.4, 0.5) is 4.79 Å². The number of hydrogen-bond donors (Lipinski definition) is 2. The van der Waals surface area contributed by atoms with Crippen LogP contribution < -0.4 is 10.6 Å². The highest BCUT2D eigenvalue weighted by molar-refractivity contribution is 5.85. The summed E-state index contributed by atoms with van der Waals surface area (Å²) in [7, 11) is 0. The first-order chi connectivity index (χ1) is 8.96. The molecule has 1 heterocycles. The first-order valence-corrected chi connectivity index (χ1v) is 6.71. The minimum absolute atomic E-state index is 0. The van der Waals surface area contributed by atoms with Crippen molar-refractivity contribution in [3.05, 3.63) is 35.9 Å². The van der Waals surface area contributed by atoms with Gasteiger partial charge in [-0.15, -0.1) is 12.4 Å². The van der Waals surface area contributed by atoms with Gasteiger partial charge in [0.1, 0.15) is 5.60 Å². The van der Waals surface area contributed by atoms with Crippen molar-refractivity contribution in [3.8, 4) is 0 Å². The van der Waals surface area contributed by atoms with Gasteiger partial charge in [-0.2, -0.15) is 0 Å². The van der Waals surface area contributed by atoms with E-state index in [9.17, 15) is 4.79 Å². The summed E-state index contributed by atoms with van der Waals surface area (Å²) in [4.78, 5) is 11.8. The molecule has 0 spiro atoms. The van der Waals surface area contributed by atoms with Crippen molar-refractivity contribution < 1.29 is 9.53 Å². The largest absolute Gasteiger partial charge is 0.444 e. The third-order valence-electron chi connectivity index (χ3n) is 3.14. The molecule has 1 aliphatic heterocycles. The Hall–Kier alpha value is -1.26. The number of carbonyl (C=O) groups is 1. The number of amides is 1. The molecule has 1 amide bonds. The molecule has 0 unspecified atom stereocenters. The number of nitrogens with one attached hydrogen (secondary N) is 2. The van der Waals surface area contributed by atoms with E-state index in [0.29, 0.717) is 5.92 Å². The van der Waals surface area contributed by atoms with Crippen LogP contribution in [0.3, 0.4) is 0 Å². The Morgan fingerprint density at radius 1 is 1.25 bits per heavy atom. The third-order valence-corrected chi connectivity index (χ3v) is 3.14. The van der Waals surface area contributed by atoms with Crippen LogP contribution in [-0.4, -0.2) is 30.8 Å². The Bertz CT molecular complexity index is 431. The molecule has 5 heteroatoms. The molecular formula is C15H23ClN2O2. The van der Waals surface area contributed by atoms with Gasteiger partial charge in [-0.25, -0.2) is 4.79 Å². The Balaban J connectivity index is 0.00000200. The van der Waals surface area contributed by atoms with E-state index >= 15 is 0 Å². The fourth-order valence-corrected chi connectivity index (χ4v) is 2.34. The van der Waals surface area contributed by atoms with Gasteiger partial charge in [-0.05, 0) is 26.3 Å². The molecule has 1 aliphatic rings. The van der Waals surface area contributed by atoms with Gasteiger partial charge in [0.05, 0.1) is 6.04 Å². The molecule has 1 aromatic carbocycles. The van der Waals surface area contributed by atoms with Crippen LogP contribution >= 0.6 is 12.4 Å². The van der Waals surface area contributed by atoms with E-state index in [-0.39, 0.29) is 24.5 Å². The fraction of sp³-hybridized carbons (Fsp3) is 0.533. The maximum absolute atomic E-state index is 11.8. The molecule has 1 saturated heterocycles. The van der Waals surface area contributed by atoms with E-state index in [1.807, 2.05) is 39.0 Å². The van der Waals surface area contributed by atoms with Crippen molar-refractivity contribution in [2.45, 2.75) is 38.3 Å². The lowest BCUT2D eigenvalue weighted by Gasteiger charge is -2.24. The second-order valence-electron chi connectivity index (χ2n) is 5.93. The van der Waals surface area contributed by atoms with E-state index in [1.54, 1.807) is 0 Å². The number of halogens is 1. The topological polar surface area (TPSA) is 50.4 Å². The molecule has 4 nitrogen and oxygen atoms in total. The summed E-state index contributed by atoms with van der Waals surface area (Å²) in [6.07, 6.45) is -0.345. The van der Waals surface area contributed by atoms with Gasteiger partial charge in [0.2, 0.25) is 0 Å². The molecule has 112 valence electrons. The lowest BCUT2D eigenvalue weighted by Crippen LogP contribution is -2.42. The highest BCUT2D eigenvalue weighted by atomic mass is 35.5. The molecule has 2 N–H and O–H groups in total. The van der Waals surface area contributed by atoms with E-state index in [1.165, 1.54) is 5.56 Å². The number of alkyl carbamates (subject to hydrolysis) is 1. The number of carbonyl (C=O) groups excluding carboxylic acids is 1. The minimum atomic E-state index is -0.460. The minimum Gasteiger partial charge on any atom is -0.444 e. The van der Waals surface area contributed by atoms with Gasteiger partial charge in [-0.1, -0.05) is 30.3 Å². The number of benzene rings is 1. The van der Waals surface area contributed by atoms with Crippen LogP contribution in [0.25, 0.3) is 0 Å². The van der Waals surface area contributed by atoms with Crippen molar-refractivity contribution in [2.24, 2.45) is 0 Å². The summed E-state index contributed by atoms with van der Waals surface area (Å²) in [6.45, 7) is 7.26. The molecule has 0 saturated carbocycles. The fourth-order valence-electron chi connectivity index (χ4n) is 2.34. The van der Waals surface area contributed by atoms with Gasteiger partial charge < -0.3 is 15.4 Å². The van der Waals surface area contributed by atoms with E-state index in [0.717, 1.165) is 13.1 Å². The van der Waals surface area contributed by atoms with Crippen molar-refractivity contribution in [1.82, 2.24) is 10.6 Å². The Kier molecular flexibility index (Phi) is 5.84. The maximum atomic E-state index is 11.8. The van der Waals surface area contributed by atoms with E-state index < -0.39 is 5.60 Å². The van der Waals surface area contributed by atoms with Gasteiger partial charge in [0.15, 0.2) is 0 Å². The van der Waals surface area contributed by atoms with Crippen LogP contribution in [-0.2, 0) is 4.74 Å². The Morgan fingerprint density at radius 2 is 1.90 bits per heavy atom. The predicted molar refractivity (Wildman–Crippen MR) is 82.5 cm³/mol. The third kappa shape index (κ3) is 4.69. The molecule has 0 aromatic heterocycles. The Labute approximate surface area is 126 Å². The normalized spacial score (nSPS) is 21.9. The lowest BCUT2D eigenvalue weighted by atomic mass is 9.94. The molecule has 1 fully saturated rings. The summed E-state index contributed by atoms with van der Waals surface area (Å²) in [5.74, 6) is 0.300. The first-order valence-electron chi connectivity index (χ1n) is 6.71. The predicted octanol–water partition coefficient (Wildman–Crippen LogP) is 2.69. The first kappa shape index (κ1) is 16.8. The molecule has 0 aliphatic carbocycles. The molecule has 1 aromatic rings. The summed E-state index contributed by atoms with van der Waals surface area (Å²) < 4.78 is 5.31.